The highest BCUT2D eigenvalue weighted by Gasteiger charge is 1.93. The smallest absolute Gasteiger partial charge is 0.00510 e. The van der Waals surface area contributed by atoms with Gasteiger partial charge in [0.1, 0.15) is 0 Å². The summed E-state index contributed by atoms with van der Waals surface area (Å²) in [5.41, 5.74) is 10.6. The minimum Gasteiger partial charge on any atom is -0.330 e. The Hall–Kier alpha value is -0.0800. The van der Waals surface area contributed by atoms with Crippen LogP contribution in [0.1, 0.15) is 28.2 Å². The Labute approximate surface area is 59.6 Å². The molecule has 0 spiro atoms. The fraction of sp³-hybridized carbons (Fsp3) is 1.00. The largest absolute Gasteiger partial charge is 0.330 e. The van der Waals surface area contributed by atoms with E-state index < -0.39 is 0 Å². The third kappa shape index (κ3) is 11.5. The highest BCUT2D eigenvalue weighted by molar-refractivity contribution is 4.51. The summed E-state index contributed by atoms with van der Waals surface area (Å²) in [4.78, 5) is 0. The van der Waals surface area contributed by atoms with Gasteiger partial charge in [-0.15, -0.1) is 0 Å². The van der Waals surface area contributed by atoms with Crippen molar-refractivity contribution in [2.75, 3.05) is 13.1 Å². The molecule has 0 saturated carbocycles. The maximum atomic E-state index is 5.30. The lowest BCUT2D eigenvalue weighted by Gasteiger charge is -2.02. The second-order valence-electron chi connectivity index (χ2n) is 1.92. The van der Waals surface area contributed by atoms with E-state index in [2.05, 4.69) is 6.92 Å². The summed E-state index contributed by atoms with van der Waals surface area (Å²) in [7, 11) is 0. The molecule has 0 saturated heterocycles. The summed E-state index contributed by atoms with van der Waals surface area (Å²) in [6.45, 7) is 3.63. The van der Waals surface area contributed by atoms with E-state index in [4.69, 9.17) is 11.5 Å². The van der Waals surface area contributed by atoms with E-state index in [0.29, 0.717) is 5.92 Å². The van der Waals surface area contributed by atoms with E-state index >= 15 is 0 Å². The molecular weight excluding hydrogens is 112 g/mol. The third-order valence-corrected chi connectivity index (χ3v) is 1.06. The van der Waals surface area contributed by atoms with Crippen LogP contribution < -0.4 is 11.5 Å². The maximum Gasteiger partial charge on any atom is -0.00510 e. The van der Waals surface area contributed by atoms with Crippen LogP contribution in [0.5, 0.6) is 0 Å². The van der Waals surface area contributed by atoms with E-state index in [-0.39, 0.29) is 14.9 Å². The lowest BCUT2D eigenvalue weighted by Crippen LogP contribution is -2.14. The van der Waals surface area contributed by atoms with E-state index in [9.17, 15) is 0 Å². The van der Waals surface area contributed by atoms with Gasteiger partial charge >= 0.3 is 0 Å². The second-order valence-corrected chi connectivity index (χ2v) is 1.92. The monoisotopic (exact) mass is 134 g/mol. The molecule has 1 unspecified atom stereocenters. The molecule has 0 aromatic rings. The summed E-state index contributed by atoms with van der Waals surface area (Å²) in [6, 6.07) is 0. The fourth-order valence-electron chi connectivity index (χ4n) is 0.402. The maximum absolute atomic E-state index is 5.30. The zero-order chi connectivity index (χ0) is 5.70. The minimum absolute atomic E-state index is 0. The van der Waals surface area contributed by atoms with Gasteiger partial charge in [-0.2, -0.15) is 0 Å². The van der Waals surface area contributed by atoms with Crippen LogP contribution in [-0.2, 0) is 0 Å². The Kier molecular flexibility index (Phi) is 19.2. The lowest BCUT2D eigenvalue weighted by atomic mass is 10.1. The molecule has 1 atom stereocenters. The van der Waals surface area contributed by atoms with Crippen LogP contribution >= 0.6 is 0 Å². The molecule has 0 aliphatic rings. The highest BCUT2D eigenvalue weighted by Crippen LogP contribution is 1.93. The molecule has 2 nitrogen and oxygen atoms in total. The highest BCUT2D eigenvalue weighted by atomic mass is 14.6. The third-order valence-electron chi connectivity index (χ3n) is 1.06. The summed E-state index contributed by atoms with van der Waals surface area (Å²) in [5, 5.41) is 0. The average molecular weight is 134 g/mol. The average Bonchev–Trinajstić information content (AvgIpc) is 1.68. The molecule has 0 fully saturated rings. The molecule has 2 heteroatoms. The molecule has 0 aliphatic carbocycles. The quantitative estimate of drug-likeness (QED) is 0.609. The molecule has 9 heavy (non-hydrogen) atoms. The molecule has 0 aromatic heterocycles. The summed E-state index contributed by atoms with van der Waals surface area (Å²) < 4.78 is 0. The first-order valence-corrected chi connectivity index (χ1v) is 2.71. The van der Waals surface area contributed by atoms with Crippen molar-refractivity contribution in [1.82, 2.24) is 0 Å². The molecule has 0 heterocycles. The molecule has 0 radical (unpaired) electrons. The molecule has 0 bridgehead atoms. The Balaban J connectivity index is -0.000000180. The van der Waals surface area contributed by atoms with Crippen molar-refractivity contribution in [2.24, 2.45) is 17.4 Å². The van der Waals surface area contributed by atoms with Gasteiger partial charge in [-0.05, 0) is 25.4 Å². The van der Waals surface area contributed by atoms with Crippen molar-refractivity contribution in [3.05, 3.63) is 0 Å². The first-order valence-electron chi connectivity index (χ1n) is 2.71. The molecule has 0 aromatic carbocycles. The van der Waals surface area contributed by atoms with Gasteiger partial charge < -0.3 is 11.5 Å². The van der Waals surface area contributed by atoms with Crippen molar-refractivity contribution in [1.29, 1.82) is 0 Å². The lowest BCUT2D eigenvalue weighted by molar-refractivity contribution is 0.553. The van der Waals surface area contributed by atoms with Crippen LogP contribution in [0, 0.1) is 5.92 Å². The molecule has 0 amide bonds. The van der Waals surface area contributed by atoms with Crippen LogP contribution in [-0.4, -0.2) is 13.1 Å². The van der Waals surface area contributed by atoms with Gasteiger partial charge in [0.15, 0.2) is 0 Å². The van der Waals surface area contributed by atoms with Crippen LogP contribution in [0.4, 0.5) is 0 Å². The van der Waals surface area contributed by atoms with Crippen molar-refractivity contribution in [3.8, 4) is 0 Å². The van der Waals surface area contributed by atoms with Crippen LogP contribution in [0.3, 0.4) is 0 Å². The van der Waals surface area contributed by atoms with Crippen LogP contribution in [0.25, 0.3) is 0 Å². The van der Waals surface area contributed by atoms with Crippen molar-refractivity contribution in [3.63, 3.8) is 0 Å². The van der Waals surface area contributed by atoms with Crippen molar-refractivity contribution in [2.45, 2.75) is 28.2 Å². The predicted molar refractivity (Wildman–Crippen MR) is 45.4 cm³/mol. The Bertz CT molecular complexity index is 37.9. The van der Waals surface area contributed by atoms with Crippen molar-refractivity contribution < 1.29 is 0 Å². The molecule has 0 aliphatic heterocycles. The van der Waals surface area contributed by atoms with Crippen LogP contribution in [0.2, 0.25) is 0 Å². The Morgan fingerprint density at radius 1 is 1.22 bits per heavy atom. The van der Waals surface area contributed by atoms with E-state index in [1.165, 1.54) is 0 Å². The fourth-order valence-corrected chi connectivity index (χ4v) is 0.402. The van der Waals surface area contributed by atoms with Gasteiger partial charge in [-0.25, -0.2) is 0 Å². The van der Waals surface area contributed by atoms with Gasteiger partial charge in [0, 0.05) is 0 Å². The van der Waals surface area contributed by atoms with Gasteiger partial charge in [-0.3, -0.25) is 0 Å². The number of rotatable bonds is 3. The number of hydrogen-bond acceptors (Lipinski definition) is 2. The second kappa shape index (κ2) is 10.8. The molecule has 60 valence electrons. The van der Waals surface area contributed by atoms with Gasteiger partial charge in [0.05, 0.1) is 0 Å². The Morgan fingerprint density at radius 3 is 1.78 bits per heavy atom. The van der Waals surface area contributed by atoms with E-state index in [0.717, 1.165) is 19.5 Å². The zero-order valence-corrected chi connectivity index (χ0v) is 4.85. The standard InChI is InChI=1S/C5H14N2.2CH4/c1-5(4-7)2-3-6;;/h5H,2-4,6-7H2,1H3;2*1H4. The first kappa shape index (κ1) is 16.0. The molecule has 4 N–H and O–H groups in total. The number of nitrogens with two attached hydrogens (primary N) is 2. The molecular formula is C7H22N2. The van der Waals surface area contributed by atoms with E-state index in [1.54, 1.807) is 0 Å². The molecule has 0 rings (SSSR count). The van der Waals surface area contributed by atoms with Gasteiger partial charge in [0.2, 0.25) is 0 Å². The van der Waals surface area contributed by atoms with Crippen LogP contribution in [0.15, 0.2) is 0 Å². The summed E-state index contributed by atoms with van der Waals surface area (Å²) >= 11 is 0. The normalized spacial score (nSPS) is 11.0. The zero-order valence-electron chi connectivity index (χ0n) is 4.85. The topological polar surface area (TPSA) is 52.0 Å². The van der Waals surface area contributed by atoms with E-state index in [1.807, 2.05) is 0 Å². The Morgan fingerprint density at radius 2 is 1.67 bits per heavy atom. The predicted octanol–water partition coefficient (Wildman–Crippen LogP) is 1.20. The number of hydrogen-bond donors (Lipinski definition) is 2. The summed E-state index contributed by atoms with van der Waals surface area (Å²) in [5.74, 6) is 0.602. The summed E-state index contributed by atoms with van der Waals surface area (Å²) in [6.07, 6.45) is 1.05. The van der Waals surface area contributed by atoms with Crippen molar-refractivity contribution >= 4 is 0 Å². The van der Waals surface area contributed by atoms with Gasteiger partial charge in [-0.1, -0.05) is 21.8 Å². The van der Waals surface area contributed by atoms with Gasteiger partial charge in [0.25, 0.3) is 0 Å². The first-order chi connectivity index (χ1) is 3.31. The minimum atomic E-state index is 0. The SMILES string of the molecule is C.C.CC(CN)CCN.